The predicted molar refractivity (Wildman–Crippen MR) is 74.1 cm³/mol. The summed E-state index contributed by atoms with van der Waals surface area (Å²) in [7, 11) is 1.78. The second-order valence-electron chi connectivity index (χ2n) is 4.58. The minimum atomic E-state index is -0.103. The van der Waals surface area contributed by atoms with E-state index < -0.39 is 0 Å². The van der Waals surface area contributed by atoms with Gasteiger partial charge in [-0.2, -0.15) is 0 Å². The minimum absolute atomic E-state index is 0.0588. The van der Waals surface area contributed by atoms with E-state index in [-0.39, 0.29) is 11.9 Å². The van der Waals surface area contributed by atoms with Gasteiger partial charge in [0.1, 0.15) is 0 Å². The van der Waals surface area contributed by atoms with Crippen LogP contribution in [-0.2, 0) is 6.42 Å². The standard InChI is InChI=1S/C13H16N4OS/c1-9-4-5-14-11(6-9)7-10(2)17(3)13(18)12-8-19-16-15-12/h4-6,8,10H,7H2,1-3H3. The van der Waals surface area contributed by atoms with Crippen molar-refractivity contribution in [2.24, 2.45) is 0 Å². The molecule has 100 valence electrons. The molecule has 1 unspecified atom stereocenters. The number of hydrogen-bond acceptors (Lipinski definition) is 5. The van der Waals surface area contributed by atoms with Gasteiger partial charge in [-0.3, -0.25) is 9.78 Å². The highest BCUT2D eigenvalue weighted by molar-refractivity contribution is 7.03. The van der Waals surface area contributed by atoms with Gasteiger partial charge in [-0.25, -0.2) is 0 Å². The Hall–Kier alpha value is -1.82. The van der Waals surface area contributed by atoms with E-state index in [1.54, 1.807) is 23.5 Å². The van der Waals surface area contributed by atoms with E-state index in [9.17, 15) is 4.79 Å². The number of nitrogens with zero attached hydrogens (tertiary/aromatic N) is 4. The minimum Gasteiger partial charge on any atom is -0.337 e. The van der Waals surface area contributed by atoms with Gasteiger partial charge in [0, 0.05) is 36.8 Å². The third-order valence-corrected chi connectivity index (χ3v) is 3.54. The van der Waals surface area contributed by atoms with Gasteiger partial charge in [-0.05, 0) is 43.1 Å². The fraction of sp³-hybridized carbons (Fsp3) is 0.385. The van der Waals surface area contributed by atoms with E-state index in [1.807, 2.05) is 26.0 Å². The molecule has 2 aromatic rings. The SMILES string of the molecule is Cc1ccnc(CC(C)N(C)C(=O)c2csnn2)c1. The van der Waals surface area contributed by atoms with Crippen LogP contribution >= 0.6 is 11.5 Å². The molecule has 2 aromatic heterocycles. The van der Waals surface area contributed by atoms with Gasteiger partial charge in [0.15, 0.2) is 5.69 Å². The highest BCUT2D eigenvalue weighted by Gasteiger charge is 2.20. The van der Waals surface area contributed by atoms with Gasteiger partial charge in [0.05, 0.1) is 0 Å². The molecule has 6 heteroatoms. The fourth-order valence-electron chi connectivity index (χ4n) is 1.79. The molecule has 0 aromatic carbocycles. The summed E-state index contributed by atoms with van der Waals surface area (Å²) in [6.45, 7) is 4.04. The average Bonchev–Trinajstić information content (AvgIpc) is 2.90. The van der Waals surface area contributed by atoms with Gasteiger partial charge in [0.2, 0.25) is 0 Å². The lowest BCUT2D eigenvalue weighted by Crippen LogP contribution is -2.36. The molecule has 0 saturated heterocycles. The summed E-state index contributed by atoms with van der Waals surface area (Å²) >= 11 is 1.18. The normalized spacial score (nSPS) is 12.2. The van der Waals surface area contributed by atoms with Gasteiger partial charge in [-0.15, -0.1) is 5.10 Å². The Morgan fingerprint density at radius 2 is 2.32 bits per heavy atom. The Morgan fingerprint density at radius 1 is 1.53 bits per heavy atom. The van der Waals surface area contributed by atoms with Crippen molar-refractivity contribution in [2.45, 2.75) is 26.3 Å². The van der Waals surface area contributed by atoms with E-state index in [1.165, 1.54) is 17.1 Å². The lowest BCUT2D eigenvalue weighted by molar-refractivity contribution is 0.0737. The van der Waals surface area contributed by atoms with E-state index in [4.69, 9.17) is 0 Å². The molecule has 2 heterocycles. The fourth-order valence-corrected chi connectivity index (χ4v) is 2.22. The number of pyridine rings is 1. The largest absolute Gasteiger partial charge is 0.337 e. The van der Waals surface area contributed by atoms with Crippen LogP contribution in [0.1, 0.15) is 28.7 Å². The maximum atomic E-state index is 12.1. The number of aromatic nitrogens is 3. The van der Waals surface area contributed by atoms with Gasteiger partial charge < -0.3 is 4.90 Å². The third kappa shape index (κ3) is 3.35. The van der Waals surface area contributed by atoms with Crippen molar-refractivity contribution >= 4 is 17.4 Å². The number of amides is 1. The second kappa shape index (κ2) is 5.88. The summed E-state index contributed by atoms with van der Waals surface area (Å²) in [5.74, 6) is -0.103. The molecule has 1 atom stereocenters. The van der Waals surface area contributed by atoms with Crippen molar-refractivity contribution in [3.05, 3.63) is 40.7 Å². The second-order valence-corrected chi connectivity index (χ2v) is 5.19. The highest BCUT2D eigenvalue weighted by Crippen LogP contribution is 2.10. The molecule has 2 rings (SSSR count). The monoisotopic (exact) mass is 276 g/mol. The van der Waals surface area contributed by atoms with Crippen molar-refractivity contribution in [1.29, 1.82) is 0 Å². The van der Waals surface area contributed by atoms with Crippen LogP contribution in [0.2, 0.25) is 0 Å². The van der Waals surface area contributed by atoms with Crippen molar-refractivity contribution in [2.75, 3.05) is 7.05 Å². The maximum Gasteiger partial charge on any atom is 0.275 e. The first-order chi connectivity index (χ1) is 9.08. The summed E-state index contributed by atoms with van der Waals surface area (Å²) in [6.07, 6.45) is 2.52. The zero-order chi connectivity index (χ0) is 13.8. The first-order valence-electron chi connectivity index (χ1n) is 6.03. The van der Waals surface area contributed by atoms with E-state index >= 15 is 0 Å². The van der Waals surface area contributed by atoms with Crippen LogP contribution in [0.4, 0.5) is 0 Å². The highest BCUT2D eigenvalue weighted by atomic mass is 32.1. The smallest absolute Gasteiger partial charge is 0.275 e. The Kier molecular flexibility index (Phi) is 4.21. The Bertz CT molecular complexity index is 556. The van der Waals surface area contributed by atoms with Gasteiger partial charge in [0.25, 0.3) is 5.91 Å². The van der Waals surface area contributed by atoms with Crippen LogP contribution in [0.15, 0.2) is 23.7 Å². The van der Waals surface area contributed by atoms with Crippen LogP contribution in [0, 0.1) is 6.92 Å². The third-order valence-electron chi connectivity index (χ3n) is 3.04. The molecular formula is C13H16N4OS. The van der Waals surface area contributed by atoms with Crippen molar-refractivity contribution in [3.8, 4) is 0 Å². The number of aryl methyl sites for hydroxylation is 1. The van der Waals surface area contributed by atoms with E-state index in [0.29, 0.717) is 5.69 Å². The number of hydrogen-bond donors (Lipinski definition) is 0. The van der Waals surface area contributed by atoms with Crippen LogP contribution in [0.3, 0.4) is 0 Å². The molecule has 0 aliphatic heterocycles. The van der Waals surface area contributed by atoms with Crippen molar-refractivity contribution in [3.63, 3.8) is 0 Å². The molecule has 0 saturated carbocycles. The molecule has 1 amide bonds. The summed E-state index contributed by atoms with van der Waals surface area (Å²) in [5, 5.41) is 5.47. The molecule has 0 aliphatic rings. The molecular weight excluding hydrogens is 260 g/mol. The Morgan fingerprint density at radius 3 is 2.95 bits per heavy atom. The zero-order valence-corrected chi connectivity index (χ0v) is 12.0. The molecule has 0 spiro atoms. The molecule has 0 aliphatic carbocycles. The molecule has 19 heavy (non-hydrogen) atoms. The molecule has 0 N–H and O–H groups in total. The lowest BCUT2D eigenvalue weighted by Gasteiger charge is -2.23. The predicted octanol–water partition coefficient (Wildman–Crippen LogP) is 1.94. The first-order valence-corrected chi connectivity index (χ1v) is 6.87. The van der Waals surface area contributed by atoms with Gasteiger partial charge in [-0.1, -0.05) is 4.49 Å². The van der Waals surface area contributed by atoms with E-state index in [0.717, 1.165) is 12.1 Å². The summed E-state index contributed by atoms with van der Waals surface area (Å²) in [4.78, 5) is 18.1. The molecule has 0 radical (unpaired) electrons. The van der Waals surface area contributed by atoms with Gasteiger partial charge >= 0.3 is 0 Å². The topological polar surface area (TPSA) is 59.0 Å². The van der Waals surface area contributed by atoms with Crippen LogP contribution in [0.5, 0.6) is 0 Å². The summed E-state index contributed by atoms with van der Waals surface area (Å²) in [6, 6.07) is 4.06. The maximum absolute atomic E-state index is 12.1. The number of rotatable bonds is 4. The zero-order valence-electron chi connectivity index (χ0n) is 11.2. The first kappa shape index (κ1) is 13.6. The average molecular weight is 276 g/mol. The summed E-state index contributed by atoms with van der Waals surface area (Å²) in [5.41, 5.74) is 2.56. The number of likely N-dealkylation sites (N-methyl/N-ethyl adjacent to an activating group) is 1. The molecule has 0 fully saturated rings. The molecule has 0 bridgehead atoms. The van der Waals surface area contributed by atoms with Crippen LogP contribution in [-0.4, -0.2) is 38.5 Å². The summed E-state index contributed by atoms with van der Waals surface area (Å²) < 4.78 is 3.71. The van der Waals surface area contributed by atoms with Crippen LogP contribution < -0.4 is 0 Å². The van der Waals surface area contributed by atoms with Crippen molar-refractivity contribution in [1.82, 2.24) is 19.5 Å². The Labute approximate surface area is 116 Å². The molecule has 5 nitrogen and oxygen atoms in total. The van der Waals surface area contributed by atoms with Crippen LogP contribution in [0.25, 0.3) is 0 Å². The van der Waals surface area contributed by atoms with Crippen molar-refractivity contribution < 1.29 is 4.79 Å². The lowest BCUT2D eigenvalue weighted by atomic mass is 10.1. The number of carbonyl (C=O) groups excluding carboxylic acids is 1. The quantitative estimate of drug-likeness (QED) is 0.856. The number of carbonyl (C=O) groups is 1. The Balaban J connectivity index is 2.03. The van der Waals surface area contributed by atoms with E-state index in [2.05, 4.69) is 14.6 Å².